The van der Waals surface area contributed by atoms with E-state index in [0.717, 1.165) is 21.8 Å². The van der Waals surface area contributed by atoms with E-state index in [4.69, 9.17) is 0 Å². The van der Waals surface area contributed by atoms with Gasteiger partial charge in [0.05, 0.1) is 11.6 Å². The fraction of sp³-hybridized carbons (Fsp3) is 0.296. The van der Waals surface area contributed by atoms with Gasteiger partial charge in [-0.3, -0.25) is 14.4 Å². The van der Waals surface area contributed by atoms with Crippen LogP contribution in [0.1, 0.15) is 27.0 Å². The predicted octanol–water partition coefficient (Wildman–Crippen LogP) is 3.42. The van der Waals surface area contributed by atoms with Crippen LogP contribution in [0.3, 0.4) is 0 Å². The molecule has 0 unspecified atom stereocenters. The molecule has 3 aromatic rings. The van der Waals surface area contributed by atoms with Crippen LogP contribution in [0.2, 0.25) is 0 Å². The van der Waals surface area contributed by atoms with Crippen LogP contribution >= 0.6 is 15.9 Å². The number of hydrogen-bond donors (Lipinski definition) is 1. The Labute approximate surface area is 212 Å². The van der Waals surface area contributed by atoms with Crippen LogP contribution in [0, 0.1) is 6.92 Å². The van der Waals surface area contributed by atoms with Crippen molar-refractivity contribution >= 4 is 44.6 Å². The lowest BCUT2D eigenvalue weighted by molar-refractivity contribution is -0.133. The number of aromatic nitrogens is 1. The zero-order chi connectivity index (χ0) is 24.7. The maximum atomic E-state index is 13.6. The van der Waals surface area contributed by atoms with Crippen LogP contribution in [0.5, 0.6) is 0 Å². The second-order valence-electron chi connectivity index (χ2n) is 9.23. The Bertz CT molecular complexity index is 1360. The van der Waals surface area contributed by atoms with Crippen LogP contribution in [-0.4, -0.2) is 57.8 Å². The molecule has 3 amide bonds. The largest absolute Gasteiger partial charge is 0.348 e. The van der Waals surface area contributed by atoms with Crippen molar-refractivity contribution in [1.82, 2.24) is 19.7 Å². The molecule has 35 heavy (non-hydrogen) atoms. The summed E-state index contributed by atoms with van der Waals surface area (Å²) in [6.45, 7) is 7.91. The number of carbonyl (C=O) groups excluding carboxylic acids is 3. The van der Waals surface area contributed by atoms with Gasteiger partial charge < -0.3 is 19.7 Å². The monoisotopic (exact) mass is 534 g/mol. The average Bonchev–Trinajstić information content (AvgIpc) is 3.17. The lowest BCUT2D eigenvalue weighted by Gasteiger charge is -2.38. The smallest absolute Gasteiger partial charge is 0.256 e. The number of rotatable bonds is 5. The highest BCUT2D eigenvalue weighted by atomic mass is 79.9. The molecule has 2 aliphatic rings. The molecular formula is C27H27BrN4O3. The van der Waals surface area contributed by atoms with Crippen LogP contribution in [0.15, 0.2) is 59.7 Å². The van der Waals surface area contributed by atoms with Gasteiger partial charge in [-0.1, -0.05) is 40.7 Å². The zero-order valence-corrected chi connectivity index (χ0v) is 21.2. The molecule has 1 fully saturated rings. The van der Waals surface area contributed by atoms with Crippen LogP contribution in [-0.2, 0) is 29.1 Å². The van der Waals surface area contributed by atoms with Crippen molar-refractivity contribution in [3.8, 4) is 0 Å². The molecule has 0 atom stereocenters. The highest BCUT2D eigenvalue weighted by Gasteiger charge is 2.31. The maximum Gasteiger partial charge on any atom is 0.256 e. The van der Waals surface area contributed by atoms with Crippen molar-refractivity contribution in [2.45, 2.75) is 32.5 Å². The minimum Gasteiger partial charge on any atom is -0.348 e. The van der Waals surface area contributed by atoms with E-state index in [2.05, 4.69) is 46.9 Å². The third-order valence-corrected chi connectivity index (χ3v) is 7.40. The molecule has 0 aliphatic carbocycles. The van der Waals surface area contributed by atoms with Gasteiger partial charge in [0.15, 0.2) is 0 Å². The van der Waals surface area contributed by atoms with Gasteiger partial charge in [0, 0.05) is 47.8 Å². The minimum atomic E-state index is -0.151. The Hall–Kier alpha value is -3.39. The number of hydrogen-bond acceptors (Lipinski definition) is 3. The Morgan fingerprint density at radius 3 is 2.74 bits per heavy atom. The molecule has 8 heteroatoms. The molecule has 0 radical (unpaired) electrons. The van der Waals surface area contributed by atoms with E-state index in [9.17, 15) is 14.4 Å². The van der Waals surface area contributed by atoms with E-state index in [0.29, 0.717) is 31.7 Å². The summed E-state index contributed by atoms with van der Waals surface area (Å²) in [6.07, 6.45) is 3.91. The van der Waals surface area contributed by atoms with Gasteiger partial charge in [-0.25, -0.2) is 0 Å². The Kier molecular flexibility index (Phi) is 6.23. The SMILES string of the molecule is C=CC(=O)N1CC(NC(=O)Cn2cc(C(=O)N3CCc4c(C)cccc4C3)c3cc(Br)ccc32)C1. The van der Waals surface area contributed by atoms with Crippen molar-refractivity contribution in [1.29, 1.82) is 0 Å². The van der Waals surface area contributed by atoms with Crippen LogP contribution in [0.25, 0.3) is 10.9 Å². The first kappa shape index (κ1) is 23.4. The van der Waals surface area contributed by atoms with Gasteiger partial charge in [-0.05, 0) is 54.3 Å². The Morgan fingerprint density at radius 2 is 1.97 bits per heavy atom. The summed E-state index contributed by atoms with van der Waals surface area (Å²) in [5.74, 6) is -0.310. The van der Waals surface area contributed by atoms with Gasteiger partial charge in [0.1, 0.15) is 6.54 Å². The van der Waals surface area contributed by atoms with Crippen LogP contribution in [0.4, 0.5) is 0 Å². The predicted molar refractivity (Wildman–Crippen MR) is 138 cm³/mol. The fourth-order valence-electron chi connectivity index (χ4n) is 5.02. The van der Waals surface area contributed by atoms with Crippen molar-refractivity contribution in [2.75, 3.05) is 19.6 Å². The molecular weight excluding hydrogens is 508 g/mol. The molecule has 3 heterocycles. The van der Waals surface area contributed by atoms with E-state index in [1.165, 1.54) is 22.8 Å². The van der Waals surface area contributed by atoms with Gasteiger partial charge in [0.2, 0.25) is 11.8 Å². The number of nitrogens with one attached hydrogen (secondary N) is 1. The molecule has 0 saturated carbocycles. The molecule has 1 saturated heterocycles. The summed E-state index contributed by atoms with van der Waals surface area (Å²) < 4.78 is 2.71. The van der Waals surface area contributed by atoms with Gasteiger partial charge >= 0.3 is 0 Å². The number of nitrogens with zero attached hydrogens (tertiary/aromatic N) is 3. The number of benzene rings is 2. The molecule has 7 nitrogen and oxygen atoms in total. The minimum absolute atomic E-state index is 0.0306. The number of fused-ring (bicyclic) bond motifs is 2. The molecule has 2 aliphatic heterocycles. The summed E-state index contributed by atoms with van der Waals surface area (Å²) in [5, 5.41) is 3.79. The molecule has 0 spiro atoms. The first-order valence-electron chi connectivity index (χ1n) is 11.7. The van der Waals surface area contributed by atoms with Crippen molar-refractivity contribution in [2.24, 2.45) is 0 Å². The normalized spacial score (nSPS) is 15.5. The quantitative estimate of drug-likeness (QED) is 0.509. The summed E-state index contributed by atoms with van der Waals surface area (Å²) in [7, 11) is 0. The van der Waals surface area contributed by atoms with Gasteiger partial charge in [-0.2, -0.15) is 0 Å². The third kappa shape index (κ3) is 4.50. The first-order chi connectivity index (χ1) is 16.8. The van der Waals surface area contributed by atoms with Gasteiger partial charge in [0.25, 0.3) is 5.91 Å². The number of likely N-dealkylation sites (tertiary alicyclic amines) is 1. The second kappa shape index (κ2) is 9.34. The highest BCUT2D eigenvalue weighted by molar-refractivity contribution is 9.10. The van der Waals surface area contributed by atoms with Gasteiger partial charge in [-0.15, -0.1) is 0 Å². The van der Waals surface area contributed by atoms with E-state index in [1.54, 1.807) is 11.1 Å². The lowest BCUT2D eigenvalue weighted by Crippen LogP contribution is -2.61. The number of amides is 3. The summed E-state index contributed by atoms with van der Waals surface area (Å²) in [6, 6.07) is 11.9. The van der Waals surface area contributed by atoms with Crippen LogP contribution < -0.4 is 5.32 Å². The third-order valence-electron chi connectivity index (χ3n) is 6.91. The van der Waals surface area contributed by atoms with Crippen molar-refractivity contribution in [3.05, 3.63) is 82.0 Å². The topological polar surface area (TPSA) is 74.6 Å². The average molecular weight is 535 g/mol. The molecule has 0 bridgehead atoms. The maximum absolute atomic E-state index is 13.6. The Balaban J connectivity index is 1.35. The van der Waals surface area contributed by atoms with Crippen molar-refractivity contribution < 1.29 is 14.4 Å². The zero-order valence-electron chi connectivity index (χ0n) is 19.6. The second-order valence-corrected chi connectivity index (χ2v) is 10.1. The fourth-order valence-corrected chi connectivity index (χ4v) is 5.38. The summed E-state index contributed by atoms with van der Waals surface area (Å²) >= 11 is 3.52. The van der Waals surface area contributed by atoms with E-state index in [-0.39, 0.29) is 30.3 Å². The van der Waals surface area contributed by atoms with Crippen molar-refractivity contribution in [3.63, 3.8) is 0 Å². The molecule has 2 aromatic carbocycles. The van der Waals surface area contributed by atoms with E-state index in [1.807, 2.05) is 33.7 Å². The lowest BCUT2D eigenvalue weighted by atomic mass is 9.95. The Morgan fingerprint density at radius 1 is 1.17 bits per heavy atom. The number of halogens is 1. The standard InChI is InChI=1S/C27H27BrN4O3/c1-3-26(34)32-13-20(14-32)29-25(33)16-31-15-23(22-11-19(28)7-8-24(22)31)27(35)30-10-9-21-17(2)5-4-6-18(21)12-30/h3-8,11,15,20H,1,9-10,12-14,16H2,2H3,(H,29,33). The first-order valence-corrected chi connectivity index (χ1v) is 12.5. The van der Waals surface area contributed by atoms with E-state index >= 15 is 0 Å². The molecule has 180 valence electrons. The molecule has 1 aromatic heterocycles. The molecule has 5 rings (SSSR count). The highest BCUT2D eigenvalue weighted by Crippen LogP contribution is 2.29. The summed E-state index contributed by atoms with van der Waals surface area (Å²) in [5.41, 5.74) is 5.22. The number of aryl methyl sites for hydroxylation is 1. The van der Waals surface area contributed by atoms with E-state index < -0.39 is 0 Å². The number of carbonyl (C=O) groups is 3. The molecule has 1 N–H and O–H groups in total. The summed E-state index contributed by atoms with van der Waals surface area (Å²) in [4.78, 5) is 41.5.